The van der Waals surface area contributed by atoms with Crippen molar-refractivity contribution in [1.29, 1.82) is 0 Å². The number of fused-ring (bicyclic) bond motifs is 1. The maximum absolute atomic E-state index is 12.9. The molecule has 0 bridgehead atoms. The quantitative estimate of drug-likeness (QED) is 0.818. The van der Waals surface area contributed by atoms with Crippen molar-refractivity contribution in [2.24, 2.45) is 0 Å². The van der Waals surface area contributed by atoms with E-state index in [1.54, 1.807) is 17.0 Å². The Bertz CT molecular complexity index is 682. The van der Waals surface area contributed by atoms with Gasteiger partial charge in [-0.15, -0.1) is 0 Å². The van der Waals surface area contributed by atoms with E-state index in [1.165, 1.54) is 0 Å². The number of carbonyl (C=O) groups excluding carboxylic acids is 1. The van der Waals surface area contributed by atoms with Gasteiger partial charge in [0.25, 0.3) is 5.91 Å². The average molecular weight is 282 g/mol. The van der Waals surface area contributed by atoms with Gasteiger partial charge in [0.05, 0.1) is 12.3 Å². The first-order valence-corrected chi connectivity index (χ1v) is 7.06. The van der Waals surface area contributed by atoms with E-state index in [-0.39, 0.29) is 5.91 Å². The van der Waals surface area contributed by atoms with Gasteiger partial charge < -0.3 is 15.4 Å². The second kappa shape index (κ2) is 5.48. The lowest BCUT2D eigenvalue weighted by atomic mass is 10.1. The van der Waals surface area contributed by atoms with Gasteiger partial charge in [-0.05, 0) is 49.2 Å². The number of anilines is 2. The van der Waals surface area contributed by atoms with E-state index in [1.807, 2.05) is 37.3 Å². The molecule has 2 aromatic rings. The molecular formula is C17H18N2O2. The molecule has 0 radical (unpaired) electrons. The summed E-state index contributed by atoms with van der Waals surface area (Å²) in [6.07, 6.45) is 0.814. The fourth-order valence-electron chi connectivity index (χ4n) is 2.61. The largest absolute Gasteiger partial charge is 0.491 e. The highest BCUT2D eigenvalue weighted by Crippen LogP contribution is 2.32. The maximum Gasteiger partial charge on any atom is 0.258 e. The van der Waals surface area contributed by atoms with Crippen LogP contribution in [0.4, 0.5) is 11.4 Å². The number of ether oxygens (including phenoxy) is 1. The predicted octanol–water partition coefficient (Wildman–Crippen LogP) is 3.01. The summed E-state index contributed by atoms with van der Waals surface area (Å²) in [6.45, 7) is 3.19. The van der Waals surface area contributed by atoms with Crippen LogP contribution in [0.3, 0.4) is 0 Å². The Morgan fingerprint density at radius 2 is 2.05 bits per heavy atom. The van der Waals surface area contributed by atoms with Gasteiger partial charge in [-0.3, -0.25) is 4.79 Å². The van der Waals surface area contributed by atoms with Crippen LogP contribution < -0.4 is 15.4 Å². The normalized spacial score (nSPS) is 14.0. The molecule has 3 rings (SSSR count). The third-order valence-electron chi connectivity index (χ3n) is 3.67. The molecule has 1 heterocycles. The van der Waals surface area contributed by atoms with Crippen LogP contribution in [-0.4, -0.2) is 19.1 Å². The molecule has 4 nitrogen and oxygen atoms in total. The first kappa shape index (κ1) is 13.5. The van der Waals surface area contributed by atoms with Crippen LogP contribution in [-0.2, 0) is 0 Å². The molecule has 0 spiro atoms. The molecular weight excluding hydrogens is 264 g/mol. The Morgan fingerprint density at radius 1 is 1.24 bits per heavy atom. The molecule has 108 valence electrons. The van der Waals surface area contributed by atoms with Crippen molar-refractivity contribution in [3.8, 4) is 5.75 Å². The number of hydrogen-bond donors (Lipinski definition) is 1. The van der Waals surface area contributed by atoms with E-state index in [0.717, 1.165) is 23.4 Å². The summed E-state index contributed by atoms with van der Waals surface area (Å²) in [5.74, 6) is 0.752. The highest BCUT2D eigenvalue weighted by atomic mass is 16.5. The SMILES string of the molecule is Cc1cc(N)ccc1C(=O)N1CCCOc2ccccc21. The Kier molecular flexibility index (Phi) is 3.52. The second-order valence-corrected chi connectivity index (χ2v) is 5.20. The molecule has 2 aromatic carbocycles. The first-order chi connectivity index (χ1) is 10.2. The number of hydrogen-bond acceptors (Lipinski definition) is 3. The summed E-state index contributed by atoms with van der Waals surface area (Å²) in [6, 6.07) is 13.0. The molecule has 0 saturated carbocycles. The van der Waals surface area contributed by atoms with Crippen molar-refractivity contribution in [1.82, 2.24) is 0 Å². The van der Waals surface area contributed by atoms with Crippen LogP contribution >= 0.6 is 0 Å². The first-order valence-electron chi connectivity index (χ1n) is 7.06. The van der Waals surface area contributed by atoms with Crippen LogP contribution in [0.2, 0.25) is 0 Å². The lowest BCUT2D eigenvalue weighted by molar-refractivity contribution is 0.0986. The third-order valence-corrected chi connectivity index (χ3v) is 3.67. The Hall–Kier alpha value is -2.49. The van der Waals surface area contributed by atoms with Gasteiger partial charge in [-0.2, -0.15) is 0 Å². The smallest absolute Gasteiger partial charge is 0.258 e. The Balaban J connectivity index is 2.01. The van der Waals surface area contributed by atoms with Crippen molar-refractivity contribution in [3.05, 3.63) is 53.6 Å². The van der Waals surface area contributed by atoms with Crippen LogP contribution in [0, 0.1) is 6.92 Å². The molecule has 2 N–H and O–H groups in total. The van der Waals surface area contributed by atoms with Crippen LogP contribution in [0.15, 0.2) is 42.5 Å². The maximum atomic E-state index is 12.9. The second-order valence-electron chi connectivity index (χ2n) is 5.20. The summed E-state index contributed by atoms with van der Waals surface area (Å²) in [5.41, 5.74) is 8.84. The number of nitrogen functional groups attached to an aromatic ring is 1. The van der Waals surface area contributed by atoms with Crippen LogP contribution in [0.1, 0.15) is 22.3 Å². The van der Waals surface area contributed by atoms with Crippen molar-refractivity contribution in [2.75, 3.05) is 23.8 Å². The number of nitrogens with two attached hydrogens (primary N) is 1. The molecule has 0 aliphatic carbocycles. The zero-order chi connectivity index (χ0) is 14.8. The molecule has 0 unspecified atom stereocenters. The number of benzene rings is 2. The third kappa shape index (κ3) is 2.57. The minimum atomic E-state index is -0.00884. The molecule has 4 heteroatoms. The molecule has 21 heavy (non-hydrogen) atoms. The number of nitrogens with zero attached hydrogens (tertiary/aromatic N) is 1. The van der Waals surface area contributed by atoms with Gasteiger partial charge in [0, 0.05) is 17.8 Å². The van der Waals surface area contributed by atoms with Gasteiger partial charge in [0.15, 0.2) is 0 Å². The van der Waals surface area contributed by atoms with Gasteiger partial charge in [-0.25, -0.2) is 0 Å². The zero-order valence-electron chi connectivity index (χ0n) is 12.0. The summed E-state index contributed by atoms with van der Waals surface area (Å²) in [7, 11) is 0. The van der Waals surface area contributed by atoms with Gasteiger partial charge in [-0.1, -0.05) is 12.1 Å². The monoisotopic (exact) mass is 282 g/mol. The van der Waals surface area contributed by atoms with E-state index >= 15 is 0 Å². The minimum absolute atomic E-state index is 0.00884. The van der Waals surface area contributed by atoms with Gasteiger partial charge in [0.1, 0.15) is 5.75 Å². The van der Waals surface area contributed by atoms with E-state index < -0.39 is 0 Å². The molecule has 0 atom stereocenters. The summed E-state index contributed by atoms with van der Waals surface area (Å²) < 4.78 is 5.70. The van der Waals surface area contributed by atoms with Crippen LogP contribution in [0.25, 0.3) is 0 Å². The highest BCUT2D eigenvalue weighted by molar-refractivity contribution is 6.08. The van der Waals surface area contributed by atoms with Crippen LogP contribution in [0.5, 0.6) is 5.75 Å². The van der Waals surface area contributed by atoms with Crippen molar-refractivity contribution < 1.29 is 9.53 Å². The Morgan fingerprint density at radius 3 is 2.86 bits per heavy atom. The highest BCUT2D eigenvalue weighted by Gasteiger charge is 2.23. The molecule has 0 saturated heterocycles. The zero-order valence-corrected chi connectivity index (χ0v) is 12.0. The molecule has 0 aromatic heterocycles. The minimum Gasteiger partial charge on any atom is -0.491 e. The fraction of sp³-hybridized carbons (Fsp3) is 0.235. The molecule has 0 fully saturated rings. The van der Waals surface area contributed by atoms with Gasteiger partial charge in [0.2, 0.25) is 0 Å². The number of para-hydroxylation sites is 2. The summed E-state index contributed by atoms with van der Waals surface area (Å²) in [5, 5.41) is 0. The van der Waals surface area contributed by atoms with E-state index in [9.17, 15) is 4.79 Å². The molecule has 1 aliphatic rings. The van der Waals surface area contributed by atoms with Gasteiger partial charge >= 0.3 is 0 Å². The van der Waals surface area contributed by atoms with Crippen molar-refractivity contribution in [2.45, 2.75) is 13.3 Å². The lowest BCUT2D eigenvalue weighted by Gasteiger charge is -2.22. The molecule has 1 aliphatic heterocycles. The summed E-state index contributed by atoms with van der Waals surface area (Å²) in [4.78, 5) is 14.7. The van der Waals surface area contributed by atoms with Crippen molar-refractivity contribution in [3.63, 3.8) is 0 Å². The fourth-order valence-corrected chi connectivity index (χ4v) is 2.61. The number of aryl methyl sites for hydroxylation is 1. The number of amides is 1. The number of carbonyl (C=O) groups is 1. The standard InChI is InChI=1S/C17H18N2O2/c1-12-11-13(18)7-8-14(12)17(20)19-9-4-10-21-16-6-3-2-5-15(16)19/h2-3,5-8,11H,4,9-10,18H2,1H3. The topological polar surface area (TPSA) is 55.6 Å². The molecule has 1 amide bonds. The lowest BCUT2D eigenvalue weighted by Crippen LogP contribution is -2.32. The predicted molar refractivity (Wildman–Crippen MR) is 83.8 cm³/mol. The van der Waals surface area contributed by atoms with E-state index in [2.05, 4.69) is 0 Å². The van der Waals surface area contributed by atoms with E-state index in [4.69, 9.17) is 10.5 Å². The van der Waals surface area contributed by atoms with Crippen molar-refractivity contribution >= 4 is 17.3 Å². The van der Waals surface area contributed by atoms with E-state index in [0.29, 0.717) is 24.4 Å². The Labute approximate surface area is 124 Å². The number of rotatable bonds is 1. The average Bonchev–Trinajstić information content (AvgIpc) is 2.69. The summed E-state index contributed by atoms with van der Waals surface area (Å²) >= 11 is 0.